The van der Waals surface area contributed by atoms with Gasteiger partial charge >= 0.3 is 0 Å². The zero-order valence-corrected chi connectivity index (χ0v) is 15.8. The number of allylic oxidation sites excluding steroid dienone is 4. The second kappa shape index (κ2) is 5.64. The minimum absolute atomic E-state index is 0.0689. The summed E-state index contributed by atoms with van der Waals surface area (Å²) in [6, 6.07) is 0.100. The molecular formula is C22H31NO2. The van der Waals surface area contributed by atoms with Gasteiger partial charge in [-0.2, -0.15) is 0 Å². The highest BCUT2D eigenvalue weighted by molar-refractivity contribution is 6.01. The summed E-state index contributed by atoms with van der Waals surface area (Å²) in [5.74, 6) is 2.31. The van der Waals surface area contributed by atoms with Crippen LogP contribution < -0.4 is 5.73 Å². The lowest BCUT2D eigenvalue weighted by Gasteiger charge is -2.59. The van der Waals surface area contributed by atoms with E-state index in [9.17, 15) is 9.59 Å². The summed E-state index contributed by atoms with van der Waals surface area (Å²) in [5.41, 5.74) is 8.07. The van der Waals surface area contributed by atoms with Gasteiger partial charge in [-0.25, -0.2) is 0 Å². The molecule has 4 rings (SSSR count). The molecule has 3 saturated carbocycles. The molecule has 0 heterocycles. The fourth-order valence-electron chi connectivity index (χ4n) is 7.24. The Morgan fingerprint density at radius 3 is 2.76 bits per heavy atom. The summed E-state index contributed by atoms with van der Waals surface area (Å²) < 4.78 is 0. The highest BCUT2D eigenvalue weighted by Crippen LogP contribution is 2.65. The van der Waals surface area contributed by atoms with Crippen LogP contribution in [0.1, 0.15) is 59.3 Å². The molecule has 7 atom stereocenters. The Labute approximate surface area is 151 Å². The van der Waals surface area contributed by atoms with Crippen molar-refractivity contribution >= 4 is 11.6 Å². The van der Waals surface area contributed by atoms with E-state index in [1.807, 2.05) is 13.0 Å². The largest absolute Gasteiger partial charge is 0.327 e. The zero-order chi connectivity index (χ0) is 18.0. The zero-order valence-electron chi connectivity index (χ0n) is 15.8. The predicted molar refractivity (Wildman–Crippen MR) is 98.8 cm³/mol. The number of hydrogen-bond acceptors (Lipinski definition) is 3. The quantitative estimate of drug-likeness (QED) is 0.830. The van der Waals surface area contributed by atoms with E-state index in [-0.39, 0.29) is 28.6 Å². The van der Waals surface area contributed by atoms with Crippen LogP contribution in [0.15, 0.2) is 23.8 Å². The van der Waals surface area contributed by atoms with Crippen molar-refractivity contribution in [1.29, 1.82) is 0 Å². The summed E-state index contributed by atoms with van der Waals surface area (Å²) in [6.07, 6.45) is 11.6. The monoisotopic (exact) mass is 341 g/mol. The predicted octanol–water partition coefficient (Wildman–Crippen LogP) is 3.83. The normalized spacial score (nSPS) is 48.4. The van der Waals surface area contributed by atoms with Crippen LogP contribution in [0.2, 0.25) is 0 Å². The van der Waals surface area contributed by atoms with Crippen LogP contribution in [-0.2, 0) is 9.59 Å². The molecule has 3 heteroatoms. The van der Waals surface area contributed by atoms with E-state index in [2.05, 4.69) is 19.9 Å². The third-order valence-corrected chi connectivity index (χ3v) is 8.30. The van der Waals surface area contributed by atoms with Crippen molar-refractivity contribution in [1.82, 2.24) is 0 Å². The fraction of sp³-hybridized carbons (Fsp3) is 0.727. The minimum Gasteiger partial charge on any atom is -0.327 e. The maximum atomic E-state index is 12.6. The highest BCUT2D eigenvalue weighted by atomic mass is 16.1. The molecule has 136 valence electrons. The molecule has 0 aromatic heterocycles. The Morgan fingerprint density at radius 2 is 2.04 bits per heavy atom. The molecule has 0 spiro atoms. The molecule has 0 radical (unpaired) electrons. The first-order valence-electron chi connectivity index (χ1n) is 10.0. The second-order valence-corrected chi connectivity index (χ2v) is 9.35. The maximum absolute atomic E-state index is 12.6. The van der Waals surface area contributed by atoms with E-state index in [4.69, 9.17) is 5.73 Å². The molecule has 3 nitrogen and oxygen atoms in total. The van der Waals surface area contributed by atoms with Gasteiger partial charge < -0.3 is 5.73 Å². The highest BCUT2D eigenvalue weighted by Gasteiger charge is 2.61. The Hall–Kier alpha value is -1.22. The molecule has 0 amide bonds. The number of fused-ring (bicyclic) bond motifs is 5. The van der Waals surface area contributed by atoms with E-state index in [1.54, 1.807) is 6.08 Å². The number of ketones is 2. The first-order valence-corrected chi connectivity index (χ1v) is 10.0. The van der Waals surface area contributed by atoms with Gasteiger partial charge in [0.1, 0.15) is 5.78 Å². The summed E-state index contributed by atoms with van der Waals surface area (Å²) in [5, 5.41) is 0. The molecule has 0 aliphatic heterocycles. The Balaban J connectivity index is 1.71. The van der Waals surface area contributed by atoms with E-state index in [0.717, 1.165) is 25.7 Å². The lowest BCUT2D eigenvalue weighted by molar-refractivity contribution is -0.129. The average molecular weight is 341 g/mol. The van der Waals surface area contributed by atoms with Crippen LogP contribution in [0.5, 0.6) is 0 Å². The molecule has 7 unspecified atom stereocenters. The van der Waals surface area contributed by atoms with Crippen LogP contribution >= 0.6 is 0 Å². The first kappa shape index (κ1) is 17.2. The summed E-state index contributed by atoms with van der Waals surface area (Å²) >= 11 is 0. The van der Waals surface area contributed by atoms with Crippen molar-refractivity contribution < 1.29 is 9.59 Å². The third kappa shape index (κ3) is 2.27. The Morgan fingerprint density at radius 1 is 1.28 bits per heavy atom. The summed E-state index contributed by atoms with van der Waals surface area (Å²) in [4.78, 5) is 24.4. The Kier molecular flexibility index (Phi) is 3.88. The summed E-state index contributed by atoms with van der Waals surface area (Å²) in [7, 11) is 0. The van der Waals surface area contributed by atoms with E-state index in [1.165, 1.54) is 12.0 Å². The van der Waals surface area contributed by atoms with Crippen LogP contribution in [0, 0.1) is 34.5 Å². The average Bonchev–Trinajstić information content (AvgIpc) is 2.91. The molecule has 0 aromatic carbocycles. The molecule has 25 heavy (non-hydrogen) atoms. The van der Waals surface area contributed by atoms with Crippen LogP contribution in [0.3, 0.4) is 0 Å². The molecule has 0 bridgehead atoms. The van der Waals surface area contributed by atoms with Crippen molar-refractivity contribution in [3.05, 3.63) is 23.8 Å². The van der Waals surface area contributed by atoms with Gasteiger partial charge in [-0.3, -0.25) is 9.59 Å². The number of nitrogens with two attached hydrogens (primary N) is 1. The van der Waals surface area contributed by atoms with E-state index >= 15 is 0 Å². The molecule has 0 saturated heterocycles. The molecule has 2 N–H and O–H groups in total. The van der Waals surface area contributed by atoms with Crippen molar-refractivity contribution in [3.63, 3.8) is 0 Å². The molecule has 3 fully saturated rings. The van der Waals surface area contributed by atoms with Gasteiger partial charge in [-0.1, -0.05) is 32.4 Å². The van der Waals surface area contributed by atoms with Gasteiger partial charge in [0.05, 0.1) is 0 Å². The molecule has 4 aliphatic rings. The third-order valence-electron chi connectivity index (χ3n) is 8.30. The molecule has 4 aliphatic carbocycles. The van der Waals surface area contributed by atoms with Crippen LogP contribution in [0.25, 0.3) is 0 Å². The lowest BCUT2D eigenvalue weighted by Crippen LogP contribution is -2.58. The Bertz CT molecular complexity index is 678. The number of Topliss-reactive ketones (excluding diaryl/α,β-unsaturated/α-hetero) is 1. The van der Waals surface area contributed by atoms with Crippen molar-refractivity contribution in [3.8, 4) is 0 Å². The fourth-order valence-corrected chi connectivity index (χ4v) is 7.24. The van der Waals surface area contributed by atoms with Crippen molar-refractivity contribution in [2.45, 2.75) is 65.3 Å². The van der Waals surface area contributed by atoms with Gasteiger partial charge in [0.2, 0.25) is 0 Å². The summed E-state index contributed by atoms with van der Waals surface area (Å²) in [6.45, 7) is 6.62. The smallest absolute Gasteiger partial charge is 0.178 e. The number of hydrogen-bond donors (Lipinski definition) is 1. The van der Waals surface area contributed by atoms with Gasteiger partial charge in [-0.05, 0) is 67.4 Å². The first-order chi connectivity index (χ1) is 11.8. The van der Waals surface area contributed by atoms with Gasteiger partial charge in [0, 0.05) is 23.8 Å². The topological polar surface area (TPSA) is 60.2 Å². The second-order valence-electron chi connectivity index (χ2n) is 9.35. The standard InChI is InChI=1S/C22H31NO2/c1-4-19(25)17-8-7-16-15-6-5-13-11-14(24)9-10-21(13,2)20(15)18(23)12-22(16,17)3/h9-11,15-18,20H,4-8,12,23H2,1-3H3. The molecular weight excluding hydrogens is 310 g/mol. The maximum Gasteiger partial charge on any atom is 0.178 e. The molecule has 0 aromatic rings. The van der Waals surface area contributed by atoms with Gasteiger partial charge in [0.25, 0.3) is 0 Å². The number of carbonyl (C=O) groups is 2. The van der Waals surface area contributed by atoms with Gasteiger partial charge in [-0.15, -0.1) is 0 Å². The SMILES string of the molecule is CCC(=O)C1CCC2C3CCC4=CC(=O)C=CC4(C)C3C(N)CC12C. The van der Waals surface area contributed by atoms with Crippen molar-refractivity contribution in [2.24, 2.45) is 40.2 Å². The van der Waals surface area contributed by atoms with E-state index in [0.29, 0.717) is 30.0 Å². The lowest BCUT2D eigenvalue weighted by atomic mass is 9.46. The van der Waals surface area contributed by atoms with E-state index < -0.39 is 0 Å². The van der Waals surface area contributed by atoms with Crippen molar-refractivity contribution in [2.75, 3.05) is 0 Å². The van der Waals surface area contributed by atoms with Crippen LogP contribution in [-0.4, -0.2) is 17.6 Å². The number of carbonyl (C=O) groups excluding carboxylic acids is 2. The minimum atomic E-state index is -0.0789. The van der Waals surface area contributed by atoms with Gasteiger partial charge in [0.15, 0.2) is 5.78 Å². The number of rotatable bonds is 2. The van der Waals surface area contributed by atoms with Crippen LogP contribution in [0.4, 0.5) is 0 Å².